The summed E-state index contributed by atoms with van der Waals surface area (Å²) in [7, 11) is 0. The highest BCUT2D eigenvalue weighted by molar-refractivity contribution is 6.38. The SMILES string of the molecule is CC(=O)N[C@@H](Cc1ccccc1)C(=O)N(Cc1ccccc1)C(CC(C)C)C(=O)NC(C)C(=O)C(=O)NC1CCCCC1. The molecule has 1 fully saturated rings. The van der Waals surface area contributed by atoms with E-state index in [2.05, 4.69) is 16.0 Å². The number of carbonyl (C=O) groups is 5. The summed E-state index contributed by atoms with van der Waals surface area (Å²) < 4.78 is 0. The third-order valence-corrected chi connectivity index (χ3v) is 7.73. The summed E-state index contributed by atoms with van der Waals surface area (Å²) in [5, 5.41) is 8.33. The second kappa shape index (κ2) is 16.6. The van der Waals surface area contributed by atoms with Crippen LogP contribution in [0.25, 0.3) is 0 Å². The Bertz CT molecular complexity index is 1230. The number of carbonyl (C=O) groups excluding carboxylic acids is 5. The van der Waals surface area contributed by atoms with Crippen LogP contribution in [0.15, 0.2) is 60.7 Å². The number of rotatable bonds is 14. The topological polar surface area (TPSA) is 125 Å². The van der Waals surface area contributed by atoms with Gasteiger partial charge in [-0.15, -0.1) is 0 Å². The molecule has 232 valence electrons. The van der Waals surface area contributed by atoms with Gasteiger partial charge in [0, 0.05) is 25.9 Å². The van der Waals surface area contributed by atoms with Crippen molar-refractivity contribution in [3.8, 4) is 0 Å². The lowest BCUT2D eigenvalue weighted by atomic mass is 9.95. The van der Waals surface area contributed by atoms with Crippen molar-refractivity contribution in [1.82, 2.24) is 20.9 Å². The molecule has 1 saturated carbocycles. The summed E-state index contributed by atoms with van der Waals surface area (Å²) in [6.07, 6.45) is 5.38. The summed E-state index contributed by atoms with van der Waals surface area (Å²) in [5.41, 5.74) is 1.68. The molecule has 0 bridgehead atoms. The van der Waals surface area contributed by atoms with Crippen LogP contribution in [0.1, 0.15) is 77.3 Å². The Hall–Kier alpha value is -4.01. The van der Waals surface area contributed by atoms with Crippen molar-refractivity contribution in [2.45, 2.75) is 103 Å². The molecule has 9 heteroatoms. The van der Waals surface area contributed by atoms with E-state index in [4.69, 9.17) is 0 Å². The maximum atomic E-state index is 14.3. The average molecular weight is 591 g/mol. The zero-order valence-corrected chi connectivity index (χ0v) is 25.8. The molecule has 43 heavy (non-hydrogen) atoms. The molecule has 4 amide bonds. The van der Waals surface area contributed by atoms with E-state index in [1.54, 1.807) is 0 Å². The van der Waals surface area contributed by atoms with Crippen LogP contribution in [0.2, 0.25) is 0 Å². The van der Waals surface area contributed by atoms with Gasteiger partial charge in [-0.2, -0.15) is 0 Å². The molecule has 0 aromatic heterocycles. The van der Waals surface area contributed by atoms with Gasteiger partial charge in [0.15, 0.2) is 0 Å². The van der Waals surface area contributed by atoms with Gasteiger partial charge in [-0.1, -0.05) is 93.8 Å². The second-order valence-electron chi connectivity index (χ2n) is 11.9. The fraction of sp³-hybridized carbons (Fsp3) is 0.500. The Labute approximate surface area is 255 Å². The fourth-order valence-corrected chi connectivity index (χ4v) is 5.51. The fourth-order valence-electron chi connectivity index (χ4n) is 5.51. The molecular formula is C34H46N4O5. The van der Waals surface area contributed by atoms with Gasteiger partial charge in [0.2, 0.25) is 23.5 Å². The Kier molecular flexibility index (Phi) is 12.9. The molecule has 3 atom stereocenters. The number of hydrogen-bond acceptors (Lipinski definition) is 5. The first-order valence-electron chi connectivity index (χ1n) is 15.4. The minimum Gasteiger partial charge on any atom is -0.347 e. The van der Waals surface area contributed by atoms with Crippen LogP contribution in [0, 0.1) is 5.92 Å². The van der Waals surface area contributed by atoms with E-state index < -0.39 is 41.6 Å². The van der Waals surface area contributed by atoms with Crippen molar-refractivity contribution < 1.29 is 24.0 Å². The molecule has 9 nitrogen and oxygen atoms in total. The first-order valence-corrected chi connectivity index (χ1v) is 15.4. The number of nitrogens with one attached hydrogen (secondary N) is 3. The predicted molar refractivity (Wildman–Crippen MR) is 166 cm³/mol. The summed E-state index contributed by atoms with van der Waals surface area (Å²) in [6.45, 7) is 6.88. The molecule has 3 rings (SSSR count). The standard InChI is InChI=1S/C34H46N4O5/c1-23(2)20-30(32(41)35-24(3)31(40)33(42)37-28-18-12-7-13-19-28)38(22-27-16-10-6-11-17-27)34(43)29(36-25(4)39)21-26-14-8-5-9-15-26/h5-6,8-11,14-17,23-24,28-30H,7,12-13,18-22H2,1-4H3,(H,35,41)(H,36,39)(H,37,42)/t24?,29-,30?/m0/s1. The van der Waals surface area contributed by atoms with Crippen molar-refractivity contribution >= 4 is 29.4 Å². The number of amides is 4. The van der Waals surface area contributed by atoms with E-state index in [-0.39, 0.29) is 30.8 Å². The summed E-state index contributed by atoms with van der Waals surface area (Å²) in [6, 6.07) is 15.7. The van der Waals surface area contributed by atoms with Gasteiger partial charge in [-0.25, -0.2) is 0 Å². The highest BCUT2D eigenvalue weighted by Gasteiger charge is 2.36. The highest BCUT2D eigenvalue weighted by Crippen LogP contribution is 2.20. The van der Waals surface area contributed by atoms with Crippen LogP contribution in [0.3, 0.4) is 0 Å². The van der Waals surface area contributed by atoms with Gasteiger partial charge >= 0.3 is 0 Å². The average Bonchev–Trinajstić information content (AvgIpc) is 2.99. The molecule has 2 aromatic carbocycles. The van der Waals surface area contributed by atoms with Gasteiger partial charge in [-0.3, -0.25) is 24.0 Å². The molecule has 1 aliphatic rings. The van der Waals surface area contributed by atoms with Crippen LogP contribution < -0.4 is 16.0 Å². The predicted octanol–water partition coefficient (Wildman–Crippen LogP) is 3.70. The zero-order chi connectivity index (χ0) is 31.4. The minimum atomic E-state index is -1.07. The number of Topliss-reactive ketones (excluding diaryl/α,β-unsaturated/α-hetero) is 1. The van der Waals surface area contributed by atoms with Gasteiger partial charge < -0.3 is 20.9 Å². The normalized spacial score (nSPS) is 15.6. The molecule has 2 unspecified atom stereocenters. The molecule has 1 aliphatic carbocycles. The van der Waals surface area contributed by atoms with Crippen LogP contribution in [0.5, 0.6) is 0 Å². The van der Waals surface area contributed by atoms with Crippen LogP contribution >= 0.6 is 0 Å². The van der Waals surface area contributed by atoms with Gasteiger partial charge in [-0.05, 0) is 43.2 Å². The molecule has 0 saturated heterocycles. The maximum Gasteiger partial charge on any atom is 0.289 e. The zero-order valence-electron chi connectivity index (χ0n) is 25.8. The smallest absolute Gasteiger partial charge is 0.289 e. The lowest BCUT2D eigenvalue weighted by Crippen LogP contribution is -2.58. The van der Waals surface area contributed by atoms with E-state index in [9.17, 15) is 24.0 Å². The summed E-state index contributed by atoms with van der Waals surface area (Å²) in [5.74, 6) is -2.68. The number of ketones is 1. The van der Waals surface area contributed by atoms with Crippen molar-refractivity contribution in [2.24, 2.45) is 5.92 Å². The highest BCUT2D eigenvalue weighted by atomic mass is 16.2. The summed E-state index contributed by atoms with van der Waals surface area (Å²) >= 11 is 0. The van der Waals surface area contributed by atoms with E-state index in [1.807, 2.05) is 74.5 Å². The molecule has 2 aromatic rings. The Morgan fingerprint density at radius 1 is 0.814 bits per heavy atom. The van der Waals surface area contributed by atoms with Gasteiger partial charge in [0.25, 0.3) is 5.91 Å². The van der Waals surface area contributed by atoms with Crippen LogP contribution in [0.4, 0.5) is 0 Å². The maximum absolute atomic E-state index is 14.3. The molecule has 0 spiro atoms. The van der Waals surface area contributed by atoms with Crippen molar-refractivity contribution in [3.63, 3.8) is 0 Å². The molecule has 0 radical (unpaired) electrons. The number of hydrogen-bond donors (Lipinski definition) is 3. The van der Waals surface area contributed by atoms with Crippen molar-refractivity contribution in [1.29, 1.82) is 0 Å². The van der Waals surface area contributed by atoms with Gasteiger partial charge in [0.1, 0.15) is 12.1 Å². The lowest BCUT2D eigenvalue weighted by Gasteiger charge is -2.35. The van der Waals surface area contributed by atoms with Crippen LogP contribution in [-0.2, 0) is 36.9 Å². The van der Waals surface area contributed by atoms with E-state index in [0.29, 0.717) is 6.42 Å². The largest absolute Gasteiger partial charge is 0.347 e. The molecule has 0 heterocycles. The van der Waals surface area contributed by atoms with Crippen LogP contribution in [-0.4, -0.2) is 58.5 Å². The molecule has 0 aliphatic heterocycles. The lowest BCUT2D eigenvalue weighted by molar-refractivity contribution is -0.145. The van der Waals surface area contributed by atoms with Crippen molar-refractivity contribution in [3.05, 3.63) is 71.8 Å². The van der Waals surface area contributed by atoms with E-state index in [1.165, 1.54) is 18.7 Å². The Morgan fingerprint density at radius 2 is 1.40 bits per heavy atom. The minimum absolute atomic E-state index is 0.0239. The first kappa shape index (κ1) is 33.5. The number of benzene rings is 2. The van der Waals surface area contributed by atoms with Crippen molar-refractivity contribution in [2.75, 3.05) is 0 Å². The van der Waals surface area contributed by atoms with Gasteiger partial charge in [0.05, 0.1) is 6.04 Å². The monoisotopic (exact) mass is 590 g/mol. The first-order chi connectivity index (χ1) is 20.5. The molecular weight excluding hydrogens is 544 g/mol. The van der Waals surface area contributed by atoms with E-state index >= 15 is 0 Å². The summed E-state index contributed by atoms with van der Waals surface area (Å²) in [4.78, 5) is 67.5. The third kappa shape index (κ3) is 10.6. The number of nitrogens with zero attached hydrogens (tertiary/aromatic N) is 1. The Morgan fingerprint density at radius 3 is 1.95 bits per heavy atom. The second-order valence-corrected chi connectivity index (χ2v) is 11.9. The Balaban J connectivity index is 1.87. The van der Waals surface area contributed by atoms with E-state index in [0.717, 1.165) is 43.2 Å². The molecule has 3 N–H and O–H groups in total. The third-order valence-electron chi connectivity index (χ3n) is 7.73. The quantitative estimate of drug-likeness (QED) is 0.290.